The van der Waals surface area contributed by atoms with E-state index in [1.807, 2.05) is 18.2 Å². The largest absolute Gasteiger partial charge is 0.492 e. The Morgan fingerprint density at radius 1 is 1.31 bits per heavy atom. The molecule has 4 N–H and O–H groups in total. The lowest BCUT2D eigenvalue weighted by atomic mass is 10.0. The van der Waals surface area contributed by atoms with Gasteiger partial charge in [0.1, 0.15) is 12.4 Å². The van der Waals surface area contributed by atoms with Crippen LogP contribution in [0, 0.1) is 5.92 Å². The lowest BCUT2D eigenvalue weighted by Gasteiger charge is -2.17. The number of aliphatic imine (C=N–C) groups is 1. The van der Waals surface area contributed by atoms with Crippen LogP contribution >= 0.6 is 0 Å². The fraction of sp³-hybridized carbons (Fsp3) is 0.600. The summed E-state index contributed by atoms with van der Waals surface area (Å²) in [7, 11) is 0. The molecule has 0 aliphatic carbocycles. The number of carbonyl (C=O) groups is 1. The van der Waals surface area contributed by atoms with E-state index < -0.39 is 0 Å². The monoisotopic (exact) mass is 360 g/mol. The maximum atomic E-state index is 11.4. The van der Waals surface area contributed by atoms with Crippen molar-refractivity contribution in [3.05, 3.63) is 23.8 Å². The van der Waals surface area contributed by atoms with Crippen molar-refractivity contribution in [2.75, 3.05) is 18.5 Å². The molecule has 6 heteroatoms. The minimum Gasteiger partial charge on any atom is -0.492 e. The number of rotatable bonds is 9. The van der Waals surface area contributed by atoms with Crippen molar-refractivity contribution in [1.29, 1.82) is 0 Å². The molecule has 1 aliphatic rings. The number of carbonyl (C=O) groups excluding carboxylic acids is 1. The van der Waals surface area contributed by atoms with E-state index in [9.17, 15) is 4.79 Å². The average molecular weight is 361 g/mol. The summed E-state index contributed by atoms with van der Waals surface area (Å²) >= 11 is 0. The molecule has 0 fully saturated rings. The van der Waals surface area contributed by atoms with Gasteiger partial charge in [-0.3, -0.25) is 4.79 Å². The maximum absolute atomic E-state index is 11.4. The van der Waals surface area contributed by atoms with Gasteiger partial charge in [-0.05, 0) is 49.4 Å². The van der Waals surface area contributed by atoms with Crippen LogP contribution in [0.25, 0.3) is 0 Å². The van der Waals surface area contributed by atoms with Crippen molar-refractivity contribution < 1.29 is 9.53 Å². The minimum atomic E-state index is 0.0712. The first-order valence-electron chi connectivity index (χ1n) is 9.56. The van der Waals surface area contributed by atoms with Gasteiger partial charge < -0.3 is 21.1 Å². The number of hydrogen-bond acceptors (Lipinski definition) is 3. The van der Waals surface area contributed by atoms with Gasteiger partial charge in [0.25, 0.3) is 0 Å². The molecule has 144 valence electrons. The zero-order valence-electron chi connectivity index (χ0n) is 16.2. The topological polar surface area (TPSA) is 88.7 Å². The Bertz CT molecular complexity index is 628. The second-order valence-corrected chi connectivity index (χ2v) is 7.35. The van der Waals surface area contributed by atoms with E-state index >= 15 is 0 Å². The molecular weight excluding hydrogens is 328 g/mol. The van der Waals surface area contributed by atoms with Crippen molar-refractivity contribution in [2.45, 2.75) is 58.9 Å². The first-order valence-corrected chi connectivity index (χ1v) is 9.56. The molecular formula is C20H32N4O2. The van der Waals surface area contributed by atoms with Crippen molar-refractivity contribution in [3.8, 4) is 5.75 Å². The van der Waals surface area contributed by atoms with Crippen LogP contribution in [0.3, 0.4) is 0 Å². The van der Waals surface area contributed by atoms with Gasteiger partial charge in [0.05, 0.1) is 6.54 Å². The summed E-state index contributed by atoms with van der Waals surface area (Å²) in [6.07, 6.45) is 4.80. The van der Waals surface area contributed by atoms with Gasteiger partial charge in [0.15, 0.2) is 5.96 Å². The summed E-state index contributed by atoms with van der Waals surface area (Å²) < 4.78 is 5.74. The number of hydrogen-bond donors (Lipinski definition) is 3. The van der Waals surface area contributed by atoms with Gasteiger partial charge in [-0.15, -0.1) is 0 Å². The number of benzene rings is 1. The fourth-order valence-electron chi connectivity index (χ4n) is 2.98. The number of nitrogens with one attached hydrogen (secondary N) is 2. The van der Waals surface area contributed by atoms with Crippen molar-refractivity contribution in [2.24, 2.45) is 16.6 Å². The molecule has 1 aromatic rings. The Morgan fingerprint density at radius 2 is 2.12 bits per heavy atom. The number of nitrogens with zero attached hydrogens (tertiary/aromatic N) is 1. The van der Waals surface area contributed by atoms with E-state index in [1.54, 1.807) is 0 Å². The van der Waals surface area contributed by atoms with Crippen LogP contribution in [0.15, 0.2) is 23.2 Å². The first kappa shape index (κ1) is 20.1. The SMILES string of the molecule is CC(C)CCCC(C)NC(N)=NCCOc1ccc2c(c1)CCC(=O)N2. The number of guanidine groups is 1. The Balaban J connectivity index is 1.69. The van der Waals surface area contributed by atoms with Crippen molar-refractivity contribution in [1.82, 2.24) is 5.32 Å². The number of fused-ring (bicyclic) bond motifs is 1. The van der Waals surface area contributed by atoms with Gasteiger partial charge in [-0.2, -0.15) is 0 Å². The van der Waals surface area contributed by atoms with Gasteiger partial charge >= 0.3 is 0 Å². The van der Waals surface area contributed by atoms with E-state index in [0.29, 0.717) is 31.6 Å². The number of ether oxygens (including phenoxy) is 1. The molecule has 1 aromatic carbocycles. The van der Waals surface area contributed by atoms with Crippen LogP contribution in [-0.2, 0) is 11.2 Å². The molecule has 0 spiro atoms. The zero-order chi connectivity index (χ0) is 18.9. The van der Waals surface area contributed by atoms with Crippen LogP contribution in [0.5, 0.6) is 5.75 Å². The highest BCUT2D eigenvalue weighted by Gasteiger charge is 2.14. The third kappa shape index (κ3) is 6.94. The maximum Gasteiger partial charge on any atom is 0.224 e. The van der Waals surface area contributed by atoms with Gasteiger partial charge in [-0.1, -0.05) is 26.7 Å². The summed E-state index contributed by atoms with van der Waals surface area (Å²) in [4.78, 5) is 15.7. The van der Waals surface area contributed by atoms with Crippen molar-refractivity contribution in [3.63, 3.8) is 0 Å². The summed E-state index contributed by atoms with van der Waals surface area (Å²) in [5.74, 6) is 2.08. The second kappa shape index (κ2) is 10.0. The summed E-state index contributed by atoms with van der Waals surface area (Å²) in [6, 6.07) is 6.07. The highest BCUT2D eigenvalue weighted by Crippen LogP contribution is 2.26. The molecule has 1 heterocycles. The van der Waals surface area contributed by atoms with Gasteiger partial charge in [0.2, 0.25) is 5.91 Å². The Labute approximate surface area is 156 Å². The predicted octanol–water partition coefficient (Wildman–Crippen LogP) is 3.07. The molecule has 2 rings (SSSR count). The quantitative estimate of drug-likeness (QED) is 0.359. The van der Waals surface area contributed by atoms with E-state index in [-0.39, 0.29) is 5.91 Å². The molecule has 1 aliphatic heterocycles. The first-order chi connectivity index (χ1) is 12.4. The molecule has 0 bridgehead atoms. The van der Waals surface area contributed by atoms with Crippen molar-refractivity contribution >= 4 is 17.6 Å². The van der Waals surface area contributed by atoms with Gasteiger partial charge in [0, 0.05) is 18.2 Å². The summed E-state index contributed by atoms with van der Waals surface area (Å²) in [6.45, 7) is 7.59. The number of nitrogens with two attached hydrogens (primary N) is 1. The molecule has 0 saturated carbocycles. The molecule has 1 atom stereocenters. The van der Waals surface area contributed by atoms with Crippen LogP contribution < -0.4 is 21.1 Å². The summed E-state index contributed by atoms with van der Waals surface area (Å²) in [5, 5.41) is 6.10. The Morgan fingerprint density at radius 3 is 2.88 bits per heavy atom. The molecule has 1 unspecified atom stereocenters. The van der Waals surface area contributed by atoms with E-state index in [4.69, 9.17) is 10.5 Å². The molecule has 0 radical (unpaired) electrons. The normalized spacial score (nSPS) is 15.4. The van der Waals surface area contributed by atoms with Crippen LogP contribution in [0.1, 0.15) is 52.0 Å². The Kier molecular flexibility index (Phi) is 7.75. The lowest BCUT2D eigenvalue weighted by molar-refractivity contribution is -0.116. The number of amides is 1. The molecule has 6 nitrogen and oxygen atoms in total. The number of aryl methyl sites for hydroxylation is 1. The fourth-order valence-corrected chi connectivity index (χ4v) is 2.98. The predicted molar refractivity (Wildman–Crippen MR) is 107 cm³/mol. The van der Waals surface area contributed by atoms with E-state index in [1.165, 1.54) is 12.8 Å². The van der Waals surface area contributed by atoms with E-state index in [0.717, 1.165) is 35.8 Å². The molecule has 1 amide bonds. The zero-order valence-corrected chi connectivity index (χ0v) is 16.2. The second-order valence-electron chi connectivity index (χ2n) is 7.35. The van der Waals surface area contributed by atoms with Crippen LogP contribution in [0.4, 0.5) is 5.69 Å². The molecule has 0 aromatic heterocycles. The van der Waals surface area contributed by atoms with Crippen LogP contribution in [0.2, 0.25) is 0 Å². The highest BCUT2D eigenvalue weighted by atomic mass is 16.5. The van der Waals surface area contributed by atoms with Crippen LogP contribution in [-0.4, -0.2) is 31.1 Å². The molecule has 26 heavy (non-hydrogen) atoms. The van der Waals surface area contributed by atoms with E-state index in [2.05, 4.69) is 36.4 Å². The smallest absolute Gasteiger partial charge is 0.224 e. The lowest BCUT2D eigenvalue weighted by Crippen LogP contribution is -2.38. The Hall–Kier alpha value is -2.24. The highest BCUT2D eigenvalue weighted by molar-refractivity contribution is 5.94. The minimum absolute atomic E-state index is 0.0712. The third-order valence-corrected chi connectivity index (χ3v) is 4.43. The third-order valence-electron chi connectivity index (χ3n) is 4.43. The van der Waals surface area contributed by atoms with Gasteiger partial charge in [-0.25, -0.2) is 4.99 Å². The number of anilines is 1. The average Bonchev–Trinajstić information content (AvgIpc) is 2.58. The summed E-state index contributed by atoms with van der Waals surface area (Å²) in [5.41, 5.74) is 7.93. The standard InChI is InChI=1S/C20H32N4O2/c1-14(2)5-4-6-15(3)23-20(21)22-11-12-26-17-8-9-18-16(13-17)7-10-19(25)24-18/h8-9,13-15H,4-7,10-12H2,1-3H3,(H,24,25)(H3,21,22,23). The molecule has 0 saturated heterocycles.